The summed E-state index contributed by atoms with van der Waals surface area (Å²) in [5, 5.41) is 0. The lowest BCUT2D eigenvalue weighted by atomic mass is 10.1. The van der Waals surface area contributed by atoms with Crippen LogP contribution in [0.2, 0.25) is 0 Å². The molecule has 0 aliphatic carbocycles. The Morgan fingerprint density at radius 1 is 1.41 bits per heavy atom. The number of hydrogen-bond acceptors (Lipinski definition) is 3. The van der Waals surface area contributed by atoms with Gasteiger partial charge in [0.2, 0.25) is 0 Å². The number of benzene rings is 1. The lowest BCUT2D eigenvalue weighted by Gasteiger charge is -2.22. The largest absolute Gasteiger partial charge is 0.389 e. The summed E-state index contributed by atoms with van der Waals surface area (Å²) in [5.41, 5.74) is 8.19. The number of nitrogens with zero attached hydrogens (tertiary/aromatic N) is 1. The first-order valence-electron chi connectivity index (χ1n) is 6.04. The summed E-state index contributed by atoms with van der Waals surface area (Å²) >= 11 is 7.03. The topological polar surface area (TPSA) is 29.3 Å². The quantitative estimate of drug-likeness (QED) is 0.670. The minimum Gasteiger partial charge on any atom is -0.389 e. The molecule has 1 heterocycles. The predicted octanol–water partition coefficient (Wildman–Crippen LogP) is 3.03. The van der Waals surface area contributed by atoms with Crippen LogP contribution in [-0.2, 0) is 0 Å². The molecule has 2 nitrogen and oxygen atoms in total. The molecule has 1 aliphatic rings. The highest BCUT2D eigenvalue weighted by Gasteiger charge is 2.19. The summed E-state index contributed by atoms with van der Waals surface area (Å²) in [5.74, 6) is 1.04. The standard InChI is InChI=1S/C13H18N2S2/c1-2-17-11-7-5-6-10(12(11)13(14)16)15-8-3-4-9-15/h5-7H,2-4,8-9H2,1H3,(H2,14,16). The third-order valence-electron chi connectivity index (χ3n) is 3.00. The molecule has 0 saturated carbocycles. The zero-order valence-electron chi connectivity index (χ0n) is 10.1. The molecule has 0 aromatic heterocycles. The fourth-order valence-corrected chi connectivity index (χ4v) is 3.39. The van der Waals surface area contributed by atoms with Crippen LogP contribution in [0.4, 0.5) is 5.69 Å². The van der Waals surface area contributed by atoms with E-state index in [2.05, 4.69) is 30.0 Å². The highest BCUT2D eigenvalue weighted by atomic mass is 32.2. The summed E-state index contributed by atoms with van der Waals surface area (Å²) in [6.07, 6.45) is 2.53. The molecule has 1 fully saturated rings. The molecule has 0 bridgehead atoms. The lowest BCUT2D eigenvalue weighted by Crippen LogP contribution is -2.23. The van der Waals surface area contributed by atoms with Crippen LogP contribution in [0.25, 0.3) is 0 Å². The molecule has 17 heavy (non-hydrogen) atoms. The third-order valence-corrected chi connectivity index (χ3v) is 4.14. The zero-order valence-corrected chi connectivity index (χ0v) is 11.7. The Balaban J connectivity index is 2.42. The van der Waals surface area contributed by atoms with Crippen LogP contribution in [0.15, 0.2) is 23.1 Å². The maximum Gasteiger partial charge on any atom is 0.107 e. The van der Waals surface area contributed by atoms with Gasteiger partial charge in [-0.25, -0.2) is 0 Å². The maximum absolute atomic E-state index is 5.90. The first kappa shape index (κ1) is 12.7. The number of nitrogens with two attached hydrogens (primary N) is 1. The summed E-state index contributed by atoms with van der Waals surface area (Å²) in [4.78, 5) is 4.13. The number of hydrogen-bond donors (Lipinski definition) is 1. The van der Waals surface area contributed by atoms with Gasteiger partial charge in [0.05, 0.1) is 0 Å². The number of rotatable bonds is 4. The van der Waals surface area contributed by atoms with E-state index in [1.54, 1.807) is 0 Å². The SMILES string of the molecule is CCSc1cccc(N2CCCC2)c1C(N)=S. The van der Waals surface area contributed by atoms with E-state index in [9.17, 15) is 0 Å². The molecule has 2 rings (SSSR count). The van der Waals surface area contributed by atoms with Crippen molar-refractivity contribution in [2.75, 3.05) is 23.7 Å². The summed E-state index contributed by atoms with van der Waals surface area (Å²) in [7, 11) is 0. The van der Waals surface area contributed by atoms with E-state index in [1.807, 2.05) is 11.8 Å². The molecule has 0 amide bonds. The van der Waals surface area contributed by atoms with E-state index >= 15 is 0 Å². The minimum atomic E-state index is 0.517. The van der Waals surface area contributed by atoms with E-state index in [1.165, 1.54) is 23.4 Å². The van der Waals surface area contributed by atoms with Crippen molar-refractivity contribution in [3.8, 4) is 0 Å². The molecule has 4 heteroatoms. The van der Waals surface area contributed by atoms with Gasteiger partial charge >= 0.3 is 0 Å². The van der Waals surface area contributed by atoms with Crippen LogP contribution in [0.5, 0.6) is 0 Å². The van der Waals surface area contributed by atoms with Crippen LogP contribution in [0.1, 0.15) is 25.3 Å². The van der Waals surface area contributed by atoms with Gasteiger partial charge in [-0.3, -0.25) is 0 Å². The Bertz CT molecular complexity index is 412. The molecule has 0 radical (unpaired) electrons. The van der Waals surface area contributed by atoms with Gasteiger partial charge in [-0.1, -0.05) is 25.2 Å². The van der Waals surface area contributed by atoms with Crippen molar-refractivity contribution < 1.29 is 0 Å². The normalized spacial score (nSPS) is 15.2. The van der Waals surface area contributed by atoms with E-state index < -0.39 is 0 Å². The monoisotopic (exact) mass is 266 g/mol. The second-order valence-electron chi connectivity index (χ2n) is 4.14. The Morgan fingerprint density at radius 3 is 2.71 bits per heavy atom. The van der Waals surface area contributed by atoms with Crippen LogP contribution in [-0.4, -0.2) is 23.8 Å². The molecule has 92 valence electrons. The van der Waals surface area contributed by atoms with Gasteiger partial charge in [-0.2, -0.15) is 0 Å². The van der Waals surface area contributed by atoms with Gasteiger partial charge in [0.25, 0.3) is 0 Å². The van der Waals surface area contributed by atoms with Crippen molar-refractivity contribution in [3.63, 3.8) is 0 Å². The van der Waals surface area contributed by atoms with E-state index in [4.69, 9.17) is 18.0 Å². The minimum absolute atomic E-state index is 0.517. The van der Waals surface area contributed by atoms with Gasteiger partial charge in [-0.15, -0.1) is 11.8 Å². The Kier molecular flexibility index (Phi) is 4.29. The van der Waals surface area contributed by atoms with E-state index in [0.717, 1.165) is 24.4 Å². The van der Waals surface area contributed by atoms with E-state index in [0.29, 0.717) is 4.99 Å². The van der Waals surface area contributed by atoms with Crippen molar-refractivity contribution in [1.82, 2.24) is 0 Å². The van der Waals surface area contributed by atoms with Crippen LogP contribution < -0.4 is 10.6 Å². The van der Waals surface area contributed by atoms with Crippen LogP contribution in [0.3, 0.4) is 0 Å². The summed E-state index contributed by atoms with van der Waals surface area (Å²) < 4.78 is 0. The van der Waals surface area contributed by atoms with Gasteiger partial charge in [0.15, 0.2) is 0 Å². The molecule has 0 unspecified atom stereocenters. The van der Waals surface area contributed by atoms with Crippen molar-refractivity contribution in [2.24, 2.45) is 5.73 Å². The molecule has 1 aromatic carbocycles. The highest BCUT2D eigenvalue weighted by Crippen LogP contribution is 2.32. The van der Waals surface area contributed by atoms with Gasteiger partial charge < -0.3 is 10.6 Å². The van der Waals surface area contributed by atoms with E-state index in [-0.39, 0.29) is 0 Å². The lowest BCUT2D eigenvalue weighted by molar-refractivity contribution is 0.949. The summed E-state index contributed by atoms with van der Waals surface area (Å²) in [6, 6.07) is 6.36. The molecule has 1 saturated heterocycles. The van der Waals surface area contributed by atoms with Crippen molar-refractivity contribution in [1.29, 1.82) is 0 Å². The Hall–Kier alpha value is -0.740. The Labute approximate surface area is 113 Å². The average molecular weight is 266 g/mol. The molecular formula is C13H18N2S2. The second-order valence-corrected chi connectivity index (χ2v) is 5.89. The summed E-state index contributed by atoms with van der Waals surface area (Å²) in [6.45, 7) is 4.39. The zero-order chi connectivity index (χ0) is 12.3. The molecule has 0 atom stereocenters. The first-order chi connectivity index (χ1) is 8.24. The second kappa shape index (κ2) is 5.74. The molecule has 1 aliphatic heterocycles. The van der Waals surface area contributed by atoms with Crippen molar-refractivity contribution in [2.45, 2.75) is 24.7 Å². The van der Waals surface area contributed by atoms with Gasteiger partial charge in [-0.05, 0) is 30.7 Å². The fourth-order valence-electron chi connectivity index (χ4n) is 2.26. The van der Waals surface area contributed by atoms with Crippen molar-refractivity contribution in [3.05, 3.63) is 23.8 Å². The smallest absolute Gasteiger partial charge is 0.107 e. The highest BCUT2D eigenvalue weighted by molar-refractivity contribution is 7.99. The fraction of sp³-hybridized carbons (Fsp3) is 0.462. The van der Waals surface area contributed by atoms with Crippen molar-refractivity contribution >= 4 is 34.7 Å². The number of anilines is 1. The predicted molar refractivity (Wildman–Crippen MR) is 80.2 cm³/mol. The number of thioether (sulfide) groups is 1. The maximum atomic E-state index is 5.90. The molecule has 1 aromatic rings. The van der Waals surface area contributed by atoms with Crippen LogP contribution >= 0.6 is 24.0 Å². The Morgan fingerprint density at radius 2 is 2.12 bits per heavy atom. The molecule has 2 N–H and O–H groups in total. The first-order valence-corrected chi connectivity index (χ1v) is 7.44. The van der Waals surface area contributed by atoms with Gasteiger partial charge in [0.1, 0.15) is 4.99 Å². The molecule has 0 spiro atoms. The van der Waals surface area contributed by atoms with Gasteiger partial charge in [0, 0.05) is 29.2 Å². The van der Waals surface area contributed by atoms with Crippen LogP contribution in [0, 0.1) is 0 Å². The average Bonchev–Trinajstić information content (AvgIpc) is 2.82. The third kappa shape index (κ3) is 2.75. The number of thiocarbonyl (C=S) groups is 1. The molecular weight excluding hydrogens is 248 g/mol.